The first kappa shape index (κ1) is 22.2. The number of amides is 1. The highest BCUT2D eigenvalue weighted by molar-refractivity contribution is 7.98. The Morgan fingerprint density at radius 1 is 1.17 bits per heavy atom. The lowest BCUT2D eigenvalue weighted by Crippen LogP contribution is -2.38. The molecule has 0 aliphatic carbocycles. The van der Waals surface area contributed by atoms with Crippen molar-refractivity contribution < 1.29 is 4.79 Å². The summed E-state index contributed by atoms with van der Waals surface area (Å²) in [4.78, 5) is 20.1. The zero-order valence-corrected chi connectivity index (χ0v) is 19.0. The van der Waals surface area contributed by atoms with Gasteiger partial charge in [0.25, 0.3) is 0 Å². The third-order valence-electron chi connectivity index (χ3n) is 5.46. The maximum Gasteiger partial charge on any atom is 0.222 e. The van der Waals surface area contributed by atoms with Crippen LogP contribution in [-0.4, -0.2) is 43.2 Å². The van der Waals surface area contributed by atoms with E-state index in [0.717, 1.165) is 45.0 Å². The fraction of sp³-hybridized carbons (Fsp3) is 0.417. The van der Waals surface area contributed by atoms with Gasteiger partial charge in [-0.2, -0.15) is 0 Å². The SMILES string of the molecule is CN=C(NCCCC(=O)N1CCc2ccccc2C1)NCc1ccc(C)cc1SC. The van der Waals surface area contributed by atoms with Gasteiger partial charge in [0.05, 0.1) is 0 Å². The molecule has 30 heavy (non-hydrogen) atoms. The molecule has 0 bridgehead atoms. The monoisotopic (exact) mass is 424 g/mol. The first-order chi connectivity index (χ1) is 14.6. The van der Waals surface area contributed by atoms with E-state index in [2.05, 4.69) is 65.2 Å². The molecule has 2 aromatic rings. The van der Waals surface area contributed by atoms with Gasteiger partial charge in [-0.05, 0) is 54.3 Å². The number of hydrogen-bond acceptors (Lipinski definition) is 3. The minimum atomic E-state index is 0.235. The molecule has 0 saturated carbocycles. The van der Waals surface area contributed by atoms with E-state index in [1.807, 2.05) is 11.0 Å². The molecule has 2 aromatic carbocycles. The number of carbonyl (C=O) groups excluding carboxylic acids is 1. The lowest BCUT2D eigenvalue weighted by atomic mass is 9.99. The smallest absolute Gasteiger partial charge is 0.222 e. The summed E-state index contributed by atoms with van der Waals surface area (Å²) in [7, 11) is 1.77. The Balaban J connectivity index is 1.39. The summed E-state index contributed by atoms with van der Waals surface area (Å²) in [5.74, 6) is 1.00. The molecule has 1 aliphatic heterocycles. The van der Waals surface area contributed by atoms with E-state index in [9.17, 15) is 4.79 Å². The van der Waals surface area contributed by atoms with Crippen molar-refractivity contribution in [3.05, 3.63) is 64.7 Å². The van der Waals surface area contributed by atoms with Crippen molar-refractivity contribution in [2.24, 2.45) is 4.99 Å². The first-order valence-electron chi connectivity index (χ1n) is 10.5. The Bertz CT molecular complexity index is 897. The number of thioether (sulfide) groups is 1. The van der Waals surface area contributed by atoms with Crippen LogP contribution in [0.4, 0.5) is 0 Å². The quantitative estimate of drug-likeness (QED) is 0.308. The minimum Gasteiger partial charge on any atom is -0.356 e. The van der Waals surface area contributed by atoms with Crippen LogP contribution >= 0.6 is 11.8 Å². The van der Waals surface area contributed by atoms with Crippen LogP contribution in [-0.2, 0) is 24.3 Å². The van der Waals surface area contributed by atoms with Crippen molar-refractivity contribution in [1.82, 2.24) is 15.5 Å². The van der Waals surface area contributed by atoms with Crippen molar-refractivity contribution in [3.63, 3.8) is 0 Å². The van der Waals surface area contributed by atoms with Gasteiger partial charge in [-0.15, -0.1) is 11.8 Å². The molecule has 0 radical (unpaired) electrons. The standard InChI is InChI=1S/C24H32N4OS/c1-18-10-11-20(22(15-18)30-3)16-27-24(25-2)26-13-6-9-23(29)28-14-12-19-7-4-5-8-21(19)17-28/h4-5,7-8,10-11,15H,6,9,12-14,16-17H2,1-3H3,(H2,25,26,27). The average molecular weight is 425 g/mol. The molecule has 0 saturated heterocycles. The average Bonchev–Trinajstić information content (AvgIpc) is 2.78. The third-order valence-corrected chi connectivity index (χ3v) is 6.28. The Morgan fingerprint density at radius 3 is 2.73 bits per heavy atom. The first-order valence-corrected chi connectivity index (χ1v) is 11.8. The summed E-state index contributed by atoms with van der Waals surface area (Å²) in [5, 5.41) is 6.70. The number of carbonyl (C=O) groups is 1. The summed E-state index contributed by atoms with van der Waals surface area (Å²) in [6, 6.07) is 14.9. The van der Waals surface area contributed by atoms with Crippen LogP contribution < -0.4 is 10.6 Å². The number of guanidine groups is 1. The van der Waals surface area contributed by atoms with Gasteiger partial charge in [0.1, 0.15) is 0 Å². The van der Waals surface area contributed by atoms with Crippen LogP contribution in [0.5, 0.6) is 0 Å². The zero-order valence-electron chi connectivity index (χ0n) is 18.2. The van der Waals surface area contributed by atoms with Gasteiger partial charge in [0, 0.05) is 44.5 Å². The fourth-order valence-corrected chi connectivity index (χ4v) is 4.42. The van der Waals surface area contributed by atoms with Crippen LogP contribution in [0.1, 0.15) is 35.1 Å². The number of benzene rings is 2. The number of hydrogen-bond donors (Lipinski definition) is 2. The molecule has 160 valence electrons. The van der Waals surface area contributed by atoms with Crippen molar-refractivity contribution in [2.75, 3.05) is 26.4 Å². The normalized spacial score (nSPS) is 13.7. The molecule has 3 rings (SSSR count). The molecule has 1 aliphatic rings. The Hall–Kier alpha value is -2.47. The number of aliphatic imine (C=N–C) groups is 1. The number of nitrogens with one attached hydrogen (secondary N) is 2. The predicted molar refractivity (Wildman–Crippen MR) is 126 cm³/mol. The van der Waals surface area contributed by atoms with Gasteiger partial charge in [-0.25, -0.2) is 0 Å². The van der Waals surface area contributed by atoms with Crippen molar-refractivity contribution in [2.45, 2.75) is 44.2 Å². The molecule has 0 unspecified atom stereocenters. The van der Waals surface area contributed by atoms with Crippen molar-refractivity contribution in [3.8, 4) is 0 Å². The lowest BCUT2D eigenvalue weighted by Gasteiger charge is -2.29. The molecule has 1 amide bonds. The Labute approximate surface area is 184 Å². The maximum absolute atomic E-state index is 12.6. The van der Waals surface area contributed by atoms with E-state index in [4.69, 9.17) is 0 Å². The van der Waals surface area contributed by atoms with Crippen LogP contribution in [0.3, 0.4) is 0 Å². The van der Waals surface area contributed by atoms with E-state index < -0.39 is 0 Å². The van der Waals surface area contributed by atoms with Gasteiger partial charge >= 0.3 is 0 Å². The van der Waals surface area contributed by atoms with Gasteiger partial charge in [0.2, 0.25) is 5.91 Å². The summed E-state index contributed by atoms with van der Waals surface area (Å²) in [6.07, 6.45) is 4.40. The van der Waals surface area contributed by atoms with E-state index in [1.54, 1.807) is 18.8 Å². The second-order valence-corrected chi connectivity index (χ2v) is 8.45. The molecule has 0 spiro atoms. The van der Waals surface area contributed by atoms with E-state index in [1.165, 1.54) is 27.1 Å². The van der Waals surface area contributed by atoms with Gasteiger partial charge in [-0.3, -0.25) is 9.79 Å². The topological polar surface area (TPSA) is 56.7 Å². The summed E-state index contributed by atoms with van der Waals surface area (Å²) in [6.45, 7) is 5.11. The van der Waals surface area contributed by atoms with Gasteiger partial charge in [0.15, 0.2) is 5.96 Å². The Kier molecular flexibility index (Phi) is 8.20. The Morgan fingerprint density at radius 2 is 1.97 bits per heavy atom. The largest absolute Gasteiger partial charge is 0.356 e. The van der Waals surface area contributed by atoms with Crippen LogP contribution in [0.2, 0.25) is 0 Å². The minimum absolute atomic E-state index is 0.235. The maximum atomic E-state index is 12.6. The van der Waals surface area contributed by atoms with Crippen molar-refractivity contribution in [1.29, 1.82) is 0 Å². The van der Waals surface area contributed by atoms with E-state index >= 15 is 0 Å². The summed E-state index contributed by atoms with van der Waals surface area (Å²) in [5.41, 5.74) is 5.18. The van der Waals surface area contributed by atoms with E-state index in [-0.39, 0.29) is 5.91 Å². The second-order valence-electron chi connectivity index (χ2n) is 7.61. The molecular weight excluding hydrogens is 392 g/mol. The number of nitrogens with zero attached hydrogens (tertiary/aromatic N) is 2. The molecule has 0 aromatic heterocycles. The number of fused-ring (bicyclic) bond motifs is 1. The highest BCUT2D eigenvalue weighted by atomic mass is 32.2. The van der Waals surface area contributed by atoms with Gasteiger partial charge in [-0.1, -0.05) is 36.4 Å². The second kappa shape index (κ2) is 11.1. The van der Waals surface area contributed by atoms with Crippen molar-refractivity contribution >= 4 is 23.6 Å². The molecule has 6 heteroatoms. The molecule has 0 fully saturated rings. The fourth-order valence-electron chi connectivity index (χ4n) is 3.71. The number of rotatable bonds is 7. The van der Waals surface area contributed by atoms with Crippen LogP contribution in [0.15, 0.2) is 52.4 Å². The third kappa shape index (κ3) is 6.02. The molecule has 5 nitrogen and oxygen atoms in total. The lowest BCUT2D eigenvalue weighted by molar-refractivity contribution is -0.132. The zero-order chi connectivity index (χ0) is 21.3. The molecule has 1 heterocycles. The highest BCUT2D eigenvalue weighted by Crippen LogP contribution is 2.22. The van der Waals surface area contributed by atoms with Crippen LogP contribution in [0.25, 0.3) is 0 Å². The number of aryl methyl sites for hydroxylation is 1. The van der Waals surface area contributed by atoms with Gasteiger partial charge < -0.3 is 15.5 Å². The molecule has 2 N–H and O–H groups in total. The predicted octanol–water partition coefficient (Wildman–Crippen LogP) is 3.75. The van der Waals surface area contributed by atoms with E-state index in [0.29, 0.717) is 6.42 Å². The highest BCUT2D eigenvalue weighted by Gasteiger charge is 2.19. The van der Waals surface area contributed by atoms with Crippen LogP contribution in [0, 0.1) is 6.92 Å². The molecule has 0 atom stereocenters. The summed E-state index contributed by atoms with van der Waals surface area (Å²) < 4.78 is 0. The molecular formula is C24H32N4OS. The summed E-state index contributed by atoms with van der Waals surface area (Å²) >= 11 is 1.76.